The summed E-state index contributed by atoms with van der Waals surface area (Å²) in [6.45, 7) is 11.6. The van der Waals surface area contributed by atoms with Crippen LogP contribution in [0.15, 0.2) is 9.52 Å². The van der Waals surface area contributed by atoms with E-state index in [1.54, 1.807) is 0 Å². The number of rotatable bonds is 5. The molecule has 1 aliphatic rings. The van der Waals surface area contributed by atoms with E-state index in [0.717, 1.165) is 19.0 Å². The lowest BCUT2D eigenvalue weighted by Crippen LogP contribution is -2.48. The van der Waals surface area contributed by atoms with Crippen LogP contribution in [0.1, 0.15) is 51.9 Å². The van der Waals surface area contributed by atoms with E-state index in [9.17, 15) is 0 Å². The molecule has 1 aliphatic heterocycles. The maximum Gasteiger partial charge on any atom is 0.246 e. The van der Waals surface area contributed by atoms with E-state index in [1.165, 1.54) is 6.42 Å². The molecule has 0 radical (unpaired) electrons. The standard InChI is InChI=1S/C16H29N5O2.HI/c1-6-22-13(4)15-19-14(23-20-15)8-18-16(17-5)21-9-11(2)7-12(3)10-21;/h11-13H,6-10H2,1-5H3,(H,17,18);1H. The second kappa shape index (κ2) is 10.2. The Kier molecular flexibility index (Phi) is 8.96. The molecule has 1 N–H and O–H groups in total. The molecule has 3 atom stereocenters. The van der Waals surface area contributed by atoms with Crippen LogP contribution >= 0.6 is 24.0 Å². The molecule has 7 nitrogen and oxygen atoms in total. The van der Waals surface area contributed by atoms with Crippen LogP contribution in [0.3, 0.4) is 0 Å². The van der Waals surface area contributed by atoms with Crippen molar-refractivity contribution in [2.75, 3.05) is 26.7 Å². The van der Waals surface area contributed by atoms with E-state index >= 15 is 0 Å². The average Bonchev–Trinajstić information content (AvgIpc) is 2.96. The van der Waals surface area contributed by atoms with Crippen LogP contribution in [0.4, 0.5) is 0 Å². The number of aromatic nitrogens is 2. The summed E-state index contributed by atoms with van der Waals surface area (Å²) >= 11 is 0. The summed E-state index contributed by atoms with van der Waals surface area (Å²) in [5.41, 5.74) is 0. The van der Waals surface area contributed by atoms with Gasteiger partial charge in [-0.1, -0.05) is 19.0 Å². The van der Waals surface area contributed by atoms with E-state index < -0.39 is 0 Å². The molecule has 3 unspecified atom stereocenters. The highest BCUT2D eigenvalue weighted by Crippen LogP contribution is 2.21. The van der Waals surface area contributed by atoms with Gasteiger partial charge in [0.25, 0.3) is 0 Å². The van der Waals surface area contributed by atoms with Crippen LogP contribution < -0.4 is 5.32 Å². The summed E-state index contributed by atoms with van der Waals surface area (Å²) in [5, 5.41) is 7.29. The molecule has 0 amide bonds. The van der Waals surface area contributed by atoms with Gasteiger partial charge in [0.15, 0.2) is 11.8 Å². The minimum absolute atomic E-state index is 0. The second-order valence-corrected chi connectivity index (χ2v) is 6.40. The van der Waals surface area contributed by atoms with Gasteiger partial charge in [-0.05, 0) is 32.1 Å². The van der Waals surface area contributed by atoms with Crippen molar-refractivity contribution in [3.8, 4) is 0 Å². The fraction of sp³-hybridized carbons (Fsp3) is 0.812. The molecular formula is C16H30IN5O2. The van der Waals surface area contributed by atoms with Gasteiger partial charge in [-0.2, -0.15) is 4.98 Å². The number of nitrogens with zero attached hydrogens (tertiary/aromatic N) is 4. The zero-order chi connectivity index (χ0) is 16.8. The predicted molar refractivity (Wildman–Crippen MR) is 104 cm³/mol. The Morgan fingerprint density at radius 3 is 2.67 bits per heavy atom. The van der Waals surface area contributed by atoms with Crippen molar-refractivity contribution < 1.29 is 9.26 Å². The van der Waals surface area contributed by atoms with Gasteiger partial charge in [-0.25, -0.2) is 0 Å². The third kappa shape index (κ3) is 5.87. The summed E-state index contributed by atoms with van der Waals surface area (Å²) < 4.78 is 10.7. The van der Waals surface area contributed by atoms with Gasteiger partial charge in [-0.15, -0.1) is 24.0 Å². The Balaban J connectivity index is 0.00000288. The Bertz CT molecular complexity index is 512. The molecule has 0 aliphatic carbocycles. The first-order chi connectivity index (χ1) is 11.0. The lowest BCUT2D eigenvalue weighted by atomic mass is 9.92. The Hall–Kier alpha value is -0.900. The molecule has 0 saturated carbocycles. The van der Waals surface area contributed by atoms with E-state index in [-0.39, 0.29) is 30.1 Å². The zero-order valence-corrected chi connectivity index (χ0v) is 17.6. The number of hydrogen-bond donors (Lipinski definition) is 1. The van der Waals surface area contributed by atoms with Gasteiger partial charge in [0.05, 0.1) is 6.54 Å². The molecule has 8 heteroatoms. The first-order valence-electron chi connectivity index (χ1n) is 8.43. The van der Waals surface area contributed by atoms with Crippen molar-refractivity contribution in [1.29, 1.82) is 0 Å². The van der Waals surface area contributed by atoms with Gasteiger partial charge >= 0.3 is 0 Å². The minimum Gasteiger partial charge on any atom is -0.371 e. The van der Waals surface area contributed by atoms with Gasteiger partial charge in [-0.3, -0.25) is 4.99 Å². The highest BCUT2D eigenvalue weighted by atomic mass is 127. The quantitative estimate of drug-likeness (QED) is 0.422. The molecule has 24 heavy (non-hydrogen) atoms. The predicted octanol–water partition coefficient (Wildman–Crippen LogP) is 2.84. The molecule has 138 valence electrons. The minimum atomic E-state index is -0.152. The summed E-state index contributed by atoms with van der Waals surface area (Å²) in [4.78, 5) is 11.1. The average molecular weight is 451 g/mol. The van der Waals surface area contributed by atoms with Crippen molar-refractivity contribution in [3.05, 3.63) is 11.7 Å². The number of piperidine rings is 1. The molecule has 0 spiro atoms. The third-order valence-electron chi connectivity index (χ3n) is 4.04. The smallest absolute Gasteiger partial charge is 0.246 e. The number of halogens is 1. The van der Waals surface area contributed by atoms with E-state index in [2.05, 4.69) is 39.2 Å². The molecule has 0 bridgehead atoms. The van der Waals surface area contributed by atoms with Crippen LogP contribution in [0.25, 0.3) is 0 Å². The molecule has 2 heterocycles. The van der Waals surface area contributed by atoms with Crippen molar-refractivity contribution in [3.63, 3.8) is 0 Å². The SMILES string of the molecule is CCOC(C)c1noc(CNC(=NC)N2CC(C)CC(C)C2)n1.I. The molecule has 2 rings (SSSR count). The Morgan fingerprint density at radius 2 is 2.08 bits per heavy atom. The summed E-state index contributed by atoms with van der Waals surface area (Å²) in [5.74, 6) is 3.38. The van der Waals surface area contributed by atoms with E-state index in [0.29, 0.717) is 36.7 Å². The lowest BCUT2D eigenvalue weighted by molar-refractivity contribution is 0.0683. The van der Waals surface area contributed by atoms with Gasteiger partial charge in [0.2, 0.25) is 5.89 Å². The Morgan fingerprint density at radius 1 is 1.42 bits per heavy atom. The fourth-order valence-corrected chi connectivity index (χ4v) is 3.15. The number of nitrogens with one attached hydrogen (secondary N) is 1. The second-order valence-electron chi connectivity index (χ2n) is 6.40. The molecular weight excluding hydrogens is 421 g/mol. The Labute approximate surface area is 161 Å². The highest BCUT2D eigenvalue weighted by molar-refractivity contribution is 14.0. The number of guanidine groups is 1. The lowest BCUT2D eigenvalue weighted by Gasteiger charge is -2.36. The molecule has 0 aromatic carbocycles. The van der Waals surface area contributed by atoms with Crippen LogP contribution in [0.5, 0.6) is 0 Å². The number of likely N-dealkylation sites (tertiary alicyclic amines) is 1. The topological polar surface area (TPSA) is 75.8 Å². The largest absolute Gasteiger partial charge is 0.371 e. The summed E-state index contributed by atoms with van der Waals surface area (Å²) in [6, 6.07) is 0. The van der Waals surface area contributed by atoms with Crippen LogP contribution in [0.2, 0.25) is 0 Å². The first kappa shape index (κ1) is 21.1. The zero-order valence-electron chi connectivity index (χ0n) is 15.3. The van der Waals surface area contributed by atoms with Crippen LogP contribution in [-0.4, -0.2) is 47.7 Å². The molecule has 1 aromatic rings. The molecule has 1 fully saturated rings. The maximum atomic E-state index is 5.47. The van der Waals surface area contributed by atoms with Crippen LogP contribution in [-0.2, 0) is 11.3 Å². The van der Waals surface area contributed by atoms with E-state index in [1.807, 2.05) is 20.9 Å². The van der Waals surface area contributed by atoms with Crippen molar-refractivity contribution >= 4 is 29.9 Å². The van der Waals surface area contributed by atoms with Crippen molar-refractivity contribution in [2.24, 2.45) is 16.8 Å². The monoisotopic (exact) mass is 451 g/mol. The van der Waals surface area contributed by atoms with E-state index in [4.69, 9.17) is 9.26 Å². The maximum absolute atomic E-state index is 5.47. The third-order valence-corrected chi connectivity index (χ3v) is 4.04. The highest BCUT2D eigenvalue weighted by Gasteiger charge is 2.24. The fourth-order valence-electron chi connectivity index (χ4n) is 3.15. The summed E-state index contributed by atoms with van der Waals surface area (Å²) in [6.07, 6.45) is 1.12. The normalized spacial score (nSPS) is 22.9. The summed E-state index contributed by atoms with van der Waals surface area (Å²) in [7, 11) is 1.81. The van der Waals surface area contributed by atoms with Gasteiger partial charge in [0.1, 0.15) is 6.10 Å². The number of ether oxygens (including phenoxy) is 1. The van der Waals surface area contributed by atoms with Crippen LogP contribution in [0, 0.1) is 11.8 Å². The van der Waals surface area contributed by atoms with Crippen molar-refractivity contribution in [2.45, 2.75) is 46.8 Å². The number of hydrogen-bond acceptors (Lipinski definition) is 5. The first-order valence-corrected chi connectivity index (χ1v) is 8.43. The molecule has 1 saturated heterocycles. The van der Waals surface area contributed by atoms with Crippen molar-refractivity contribution in [1.82, 2.24) is 20.4 Å². The number of aliphatic imine (C=N–C) groups is 1. The van der Waals surface area contributed by atoms with Gasteiger partial charge < -0.3 is 19.5 Å². The van der Waals surface area contributed by atoms with Gasteiger partial charge in [0, 0.05) is 26.7 Å². The molecule has 1 aromatic heterocycles.